The monoisotopic (exact) mass is 305 g/mol. The Morgan fingerprint density at radius 3 is 2.83 bits per heavy atom. The van der Waals surface area contributed by atoms with Crippen LogP contribution in [0.2, 0.25) is 0 Å². The summed E-state index contributed by atoms with van der Waals surface area (Å²) in [6, 6.07) is 13.4. The first-order valence-electron chi connectivity index (χ1n) is 7.13. The number of pyridine rings is 1. The van der Waals surface area contributed by atoms with Crippen molar-refractivity contribution in [3.63, 3.8) is 0 Å². The third kappa shape index (κ3) is 3.88. The van der Waals surface area contributed by atoms with E-state index < -0.39 is 0 Å². The van der Waals surface area contributed by atoms with Crippen LogP contribution in [-0.2, 0) is 11.3 Å². The third-order valence-electron chi connectivity index (χ3n) is 3.18. The Morgan fingerprint density at radius 1 is 1.17 bits per heavy atom. The maximum Gasteiger partial charge on any atom is 0.244 e. The normalized spacial score (nSPS) is 10.8. The van der Waals surface area contributed by atoms with E-state index >= 15 is 0 Å². The first kappa shape index (κ1) is 14.6. The lowest BCUT2D eigenvalue weighted by Crippen LogP contribution is -2.21. The minimum Gasteiger partial charge on any atom is -0.348 e. The van der Waals surface area contributed by atoms with Gasteiger partial charge >= 0.3 is 0 Å². The van der Waals surface area contributed by atoms with Gasteiger partial charge in [0.1, 0.15) is 12.7 Å². The third-order valence-corrected chi connectivity index (χ3v) is 3.18. The van der Waals surface area contributed by atoms with Crippen molar-refractivity contribution in [1.82, 2.24) is 25.1 Å². The molecule has 2 heterocycles. The number of nitrogens with zero attached hydrogens (tertiary/aromatic N) is 4. The van der Waals surface area contributed by atoms with Crippen LogP contribution < -0.4 is 5.32 Å². The molecule has 0 bridgehead atoms. The summed E-state index contributed by atoms with van der Waals surface area (Å²) in [5.41, 5.74) is 1.84. The zero-order valence-corrected chi connectivity index (χ0v) is 12.3. The summed E-state index contributed by atoms with van der Waals surface area (Å²) < 4.78 is 1.57. The standard InChI is InChI=1S/C17H15N5O/c23-16(9-8-14-5-2-1-3-6-14)20-11-15-7-4-10-19-17(15)22-13-18-12-21-22/h1-10,12-13H,11H2,(H,20,23). The minimum absolute atomic E-state index is 0.165. The van der Waals surface area contributed by atoms with E-state index in [0.29, 0.717) is 12.4 Å². The summed E-state index contributed by atoms with van der Waals surface area (Å²) in [7, 11) is 0. The summed E-state index contributed by atoms with van der Waals surface area (Å²) in [6.07, 6.45) is 7.98. The van der Waals surface area contributed by atoms with Crippen LogP contribution in [0.25, 0.3) is 11.9 Å². The highest BCUT2D eigenvalue weighted by Crippen LogP contribution is 2.09. The van der Waals surface area contributed by atoms with Crippen molar-refractivity contribution < 1.29 is 4.79 Å². The van der Waals surface area contributed by atoms with Crippen molar-refractivity contribution in [2.24, 2.45) is 0 Å². The molecular weight excluding hydrogens is 290 g/mol. The zero-order chi connectivity index (χ0) is 15.9. The Labute approximate surface area is 133 Å². The van der Waals surface area contributed by atoms with E-state index in [9.17, 15) is 4.79 Å². The van der Waals surface area contributed by atoms with E-state index in [1.807, 2.05) is 42.5 Å². The van der Waals surface area contributed by atoms with Gasteiger partial charge in [0, 0.05) is 24.4 Å². The van der Waals surface area contributed by atoms with Gasteiger partial charge in [-0.3, -0.25) is 4.79 Å². The van der Waals surface area contributed by atoms with E-state index in [1.165, 1.54) is 12.4 Å². The van der Waals surface area contributed by atoms with Crippen LogP contribution in [-0.4, -0.2) is 25.7 Å². The molecule has 3 aromatic rings. The van der Waals surface area contributed by atoms with Crippen molar-refractivity contribution >= 4 is 12.0 Å². The molecule has 1 amide bonds. The highest BCUT2D eigenvalue weighted by atomic mass is 16.1. The van der Waals surface area contributed by atoms with Gasteiger partial charge in [0.15, 0.2) is 5.82 Å². The van der Waals surface area contributed by atoms with Gasteiger partial charge in [0.05, 0.1) is 0 Å². The molecular formula is C17H15N5O. The molecule has 6 nitrogen and oxygen atoms in total. The number of carbonyl (C=O) groups excluding carboxylic acids is 1. The van der Waals surface area contributed by atoms with Gasteiger partial charge in [0.25, 0.3) is 0 Å². The second-order valence-corrected chi connectivity index (χ2v) is 4.79. The van der Waals surface area contributed by atoms with Crippen LogP contribution in [0.3, 0.4) is 0 Å². The predicted octanol–water partition coefficient (Wildman–Crippen LogP) is 1.99. The maximum absolute atomic E-state index is 11.9. The Kier molecular flexibility index (Phi) is 4.54. The first-order valence-corrected chi connectivity index (χ1v) is 7.13. The van der Waals surface area contributed by atoms with Gasteiger partial charge in [-0.15, -0.1) is 0 Å². The molecule has 0 radical (unpaired) electrons. The molecule has 0 aliphatic rings. The number of amides is 1. The number of benzene rings is 1. The van der Waals surface area contributed by atoms with E-state index in [2.05, 4.69) is 20.4 Å². The quantitative estimate of drug-likeness (QED) is 0.732. The number of carbonyl (C=O) groups is 1. The molecule has 1 aromatic carbocycles. The average molecular weight is 305 g/mol. The maximum atomic E-state index is 11.9. The van der Waals surface area contributed by atoms with Gasteiger partial charge in [-0.1, -0.05) is 36.4 Å². The number of nitrogens with one attached hydrogen (secondary N) is 1. The van der Waals surface area contributed by atoms with E-state index in [-0.39, 0.29) is 5.91 Å². The highest BCUT2D eigenvalue weighted by molar-refractivity contribution is 5.91. The summed E-state index contributed by atoms with van der Waals surface area (Å²) in [5, 5.41) is 6.91. The topological polar surface area (TPSA) is 72.7 Å². The van der Waals surface area contributed by atoms with Gasteiger partial charge in [-0.25, -0.2) is 14.6 Å². The van der Waals surface area contributed by atoms with Crippen molar-refractivity contribution in [3.05, 3.63) is 78.5 Å². The Hall–Kier alpha value is -3.28. The van der Waals surface area contributed by atoms with Gasteiger partial charge in [-0.05, 0) is 17.7 Å². The van der Waals surface area contributed by atoms with Gasteiger partial charge < -0.3 is 5.32 Å². The molecule has 3 rings (SSSR count). The first-order chi connectivity index (χ1) is 11.3. The molecule has 23 heavy (non-hydrogen) atoms. The lowest BCUT2D eigenvalue weighted by Gasteiger charge is -2.08. The number of rotatable bonds is 5. The minimum atomic E-state index is -0.165. The SMILES string of the molecule is O=C(C=Cc1ccccc1)NCc1cccnc1-n1cncn1. The van der Waals surface area contributed by atoms with Crippen LogP contribution in [0.15, 0.2) is 67.4 Å². The van der Waals surface area contributed by atoms with E-state index in [0.717, 1.165) is 11.1 Å². The second kappa shape index (κ2) is 7.13. The molecule has 0 spiro atoms. The molecule has 0 atom stereocenters. The summed E-state index contributed by atoms with van der Waals surface area (Å²) >= 11 is 0. The molecule has 0 aliphatic carbocycles. The van der Waals surface area contributed by atoms with E-state index in [1.54, 1.807) is 23.3 Å². The Balaban J connectivity index is 1.65. The highest BCUT2D eigenvalue weighted by Gasteiger charge is 2.07. The lowest BCUT2D eigenvalue weighted by molar-refractivity contribution is -0.116. The lowest BCUT2D eigenvalue weighted by atomic mass is 10.2. The fourth-order valence-electron chi connectivity index (χ4n) is 2.07. The van der Waals surface area contributed by atoms with Crippen molar-refractivity contribution in [3.8, 4) is 5.82 Å². The molecule has 0 saturated carbocycles. The summed E-state index contributed by atoms with van der Waals surface area (Å²) in [4.78, 5) is 20.1. The largest absolute Gasteiger partial charge is 0.348 e. The summed E-state index contributed by atoms with van der Waals surface area (Å²) in [5.74, 6) is 0.486. The average Bonchev–Trinajstić information content (AvgIpc) is 3.14. The molecule has 0 saturated heterocycles. The van der Waals surface area contributed by atoms with Crippen LogP contribution in [0.5, 0.6) is 0 Å². The van der Waals surface area contributed by atoms with Gasteiger partial charge in [0.2, 0.25) is 5.91 Å². The van der Waals surface area contributed by atoms with Crippen LogP contribution in [0, 0.1) is 0 Å². The van der Waals surface area contributed by atoms with Crippen molar-refractivity contribution in [1.29, 1.82) is 0 Å². The van der Waals surface area contributed by atoms with Gasteiger partial charge in [-0.2, -0.15) is 5.10 Å². The van der Waals surface area contributed by atoms with Crippen LogP contribution >= 0.6 is 0 Å². The number of hydrogen-bond donors (Lipinski definition) is 1. The van der Waals surface area contributed by atoms with E-state index in [4.69, 9.17) is 0 Å². The molecule has 6 heteroatoms. The Morgan fingerprint density at radius 2 is 2.04 bits per heavy atom. The fourth-order valence-corrected chi connectivity index (χ4v) is 2.07. The molecule has 2 aromatic heterocycles. The smallest absolute Gasteiger partial charge is 0.244 e. The molecule has 1 N–H and O–H groups in total. The molecule has 0 aliphatic heterocycles. The Bertz CT molecular complexity index is 797. The van der Waals surface area contributed by atoms with Crippen LogP contribution in [0.4, 0.5) is 0 Å². The van der Waals surface area contributed by atoms with Crippen molar-refractivity contribution in [2.45, 2.75) is 6.54 Å². The molecule has 0 unspecified atom stereocenters. The molecule has 114 valence electrons. The fraction of sp³-hybridized carbons (Fsp3) is 0.0588. The zero-order valence-electron chi connectivity index (χ0n) is 12.3. The van der Waals surface area contributed by atoms with Crippen molar-refractivity contribution in [2.75, 3.05) is 0 Å². The second-order valence-electron chi connectivity index (χ2n) is 4.79. The van der Waals surface area contributed by atoms with Crippen LogP contribution in [0.1, 0.15) is 11.1 Å². The number of hydrogen-bond acceptors (Lipinski definition) is 4. The number of aromatic nitrogens is 4. The predicted molar refractivity (Wildman–Crippen MR) is 86.5 cm³/mol. The molecule has 0 fully saturated rings. The summed E-state index contributed by atoms with van der Waals surface area (Å²) in [6.45, 7) is 0.362.